The summed E-state index contributed by atoms with van der Waals surface area (Å²) >= 11 is 0. The zero-order valence-electron chi connectivity index (χ0n) is 22.0. The minimum atomic E-state index is -3.60. The van der Waals surface area contributed by atoms with Crippen LogP contribution in [0.2, 0.25) is 0 Å². The predicted octanol–water partition coefficient (Wildman–Crippen LogP) is 4.34. The molecule has 0 radical (unpaired) electrons. The number of carbonyl (C=O) groups excluding carboxylic acids is 1. The van der Waals surface area contributed by atoms with Crippen LogP contribution < -0.4 is 16.0 Å². The van der Waals surface area contributed by atoms with E-state index >= 15 is 0 Å². The van der Waals surface area contributed by atoms with Gasteiger partial charge < -0.3 is 20.7 Å². The van der Waals surface area contributed by atoms with Crippen LogP contribution in [-0.2, 0) is 14.8 Å². The Kier molecular flexibility index (Phi) is 11.6. The average Bonchev–Trinajstić information content (AvgIpc) is 2.91. The second-order valence-corrected chi connectivity index (χ2v) is 11.0. The second kappa shape index (κ2) is 14.8. The Labute approximate surface area is 220 Å². The van der Waals surface area contributed by atoms with E-state index in [-0.39, 0.29) is 10.8 Å². The maximum atomic E-state index is 13.1. The molecule has 37 heavy (non-hydrogen) atoms. The highest BCUT2D eigenvalue weighted by Gasteiger charge is 2.26. The molecule has 1 aliphatic heterocycles. The first-order valence-corrected chi connectivity index (χ1v) is 14.7. The third kappa shape index (κ3) is 8.65. The average molecular weight is 533 g/mol. The van der Waals surface area contributed by atoms with Gasteiger partial charge in [-0.3, -0.25) is 4.79 Å². The zero-order valence-corrected chi connectivity index (χ0v) is 22.8. The molecule has 1 aromatic carbocycles. The summed E-state index contributed by atoms with van der Waals surface area (Å²) < 4.78 is 32.4. The maximum absolute atomic E-state index is 13.1. The van der Waals surface area contributed by atoms with Gasteiger partial charge in [0.15, 0.2) is 0 Å². The molecule has 0 saturated carbocycles. The van der Waals surface area contributed by atoms with Crippen molar-refractivity contribution in [2.75, 3.05) is 55.3 Å². The lowest BCUT2D eigenvalue weighted by molar-refractivity contribution is 0.0730. The topological polar surface area (TPSA) is 126 Å². The number of nitrogens with one attached hydrogen (secondary N) is 3. The number of morpholine rings is 1. The van der Waals surface area contributed by atoms with Gasteiger partial charge in [-0.2, -0.15) is 9.29 Å². The first kappa shape index (κ1) is 28.8. The molecule has 1 amide bonds. The van der Waals surface area contributed by atoms with Crippen molar-refractivity contribution < 1.29 is 17.9 Å². The monoisotopic (exact) mass is 532 g/mol. The lowest BCUT2D eigenvalue weighted by atomic mass is 10.1. The van der Waals surface area contributed by atoms with E-state index in [9.17, 15) is 13.2 Å². The molecular weight excluding hydrogens is 492 g/mol. The summed E-state index contributed by atoms with van der Waals surface area (Å²) in [5, 5.41) is 9.35. The molecule has 1 aliphatic rings. The molecule has 204 valence electrons. The Hall–Kier alpha value is -2.76. The Bertz CT molecular complexity index is 1090. The van der Waals surface area contributed by atoms with Crippen molar-refractivity contribution in [1.29, 1.82) is 0 Å². The quantitative estimate of drug-likeness (QED) is 0.289. The van der Waals surface area contributed by atoms with Crippen LogP contribution in [0.25, 0.3) is 0 Å². The van der Waals surface area contributed by atoms with Gasteiger partial charge in [-0.25, -0.2) is 13.4 Å². The van der Waals surface area contributed by atoms with Crippen LogP contribution in [0.5, 0.6) is 0 Å². The van der Waals surface area contributed by atoms with E-state index < -0.39 is 10.0 Å². The molecule has 3 rings (SSSR count). The van der Waals surface area contributed by atoms with Gasteiger partial charge in [-0.1, -0.05) is 46.0 Å². The number of hydrogen-bond acceptors (Lipinski definition) is 8. The molecule has 0 unspecified atom stereocenters. The molecule has 1 aromatic heterocycles. The highest BCUT2D eigenvalue weighted by atomic mass is 32.2. The largest absolute Gasteiger partial charge is 0.379 e. The van der Waals surface area contributed by atoms with E-state index in [0.29, 0.717) is 55.9 Å². The molecular formula is C26H40N6O4S. The molecule has 1 saturated heterocycles. The summed E-state index contributed by atoms with van der Waals surface area (Å²) in [6.07, 6.45) is 9.29. The van der Waals surface area contributed by atoms with Gasteiger partial charge in [0.25, 0.3) is 5.91 Å². The number of sulfonamides is 1. The number of amides is 1. The van der Waals surface area contributed by atoms with Crippen LogP contribution in [0, 0.1) is 0 Å². The van der Waals surface area contributed by atoms with Crippen molar-refractivity contribution in [3.8, 4) is 0 Å². The van der Waals surface area contributed by atoms with Crippen molar-refractivity contribution in [2.24, 2.45) is 0 Å². The van der Waals surface area contributed by atoms with E-state index in [1.54, 1.807) is 12.1 Å². The molecule has 11 heteroatoms. The maximum Gasteiger partial charge on any atom is 0.260 e. The molecule has 3 N–H and O–H groups in total. The fraction of sp³-hybridized carbons (Fsp3) is 0.577. The van der Waals surface area contributed by atoms with Crippen LogP contribution >= 0.6 is 0 Å². The second-order valence-electron chi connectivity index (χ2n) is 9.07. The van der Waals surface area contributed by atoms with Gasteiger partial charge in [0.1, 0.15) is 11.4 Å². The molecule has 0 aliphatic carbocycles. The fourth-order valence-electron chi connectivity index (χ4n) is 3.92. The Morgan fingerprint density at radius 2 is 1.62 bits per heavy atom. The first-order chi connectivity index (χ1) is 18.0. The lowest BCUT2D eigenvalue weighted by Crippen LogP contribution is -2.40. The normalized spacial score (nSPS) is 14.3. The van der Waals surface area contributed by atoms with E-state index in [2.05, 4.69) is 39.8 Å². The molecule has 0 spiro atoms. The minimum Gasteiger partial charge on any atom is -0.379 e. The molecule has 0 atom stereocenters. The number of unbranched alkanes of at least 4 members (excludes halogenated alkanes) is 5. The summed E-state index contributed by atoms with van der Waals surface area (Å²) in [4.78, 5) is 22.2. The number of anilines is 3. The van der Waals surface area contributed by atoms with E-state index in [1.807, 2.05) is 0 Å². The molecule has 10 nitrogen and oxygen atoms in total. The van der Waals surface area contributed by atoms with Crippen molar-refractivity contribution in [3.05, 3.63) is 36.0 Å². The molecule has 2 heterocycles. The van der Waals surface area contributed by atoms with Crippen LogP contribution in [-0.4, -0.2) is 68.0 Å². The standard InChI is InChI=1S/C26H40N6O4S/c1-3-5-7-8-9-15-27-24-23(20-29-26(31-24)28-14-6-4-2)25(33)30-21-10-12-22(13-11-21)37(34,35)32-16-18-36-19-17-32/h10-13,20H,3-9,14-19H2,1-2H3,(H,30,33)(H2,27,28,29,31). The number of benzene rings is 1. The minimum absolute atomic E-state index is 0.184. The molecule has 0 bridgehead atoms. The summed E-state index contributed by atoms with van der Waals surface area (Å²) in [6, 6.07) is 6.20. The van der Waals surface area contributed by atoms with Crippen LogP contribution in [0.4, 0.5) is 17.5 Å². The van der Waals surface area contributed by atoms with Crippen LogP contribution in [0.15, 0.2) is 35.4 Å². The number of hydrogen-bond donors (Lipinski definition) is 3. The summed E-state index contributed by atoms with van der Waals surface area (Å²) in [6.45, 7) is 7.22. The fourth-order valence-corrected chi connectivity index (χ4v) is 5.33. The SMILES string of the molecule is CCCCCCCNc1nc(NCCCC)ncc1C(=O)Nc1ccc(S(=O)(=O)N2CCOCC2)cc1. The lowest BCUT2D eigenvalue weighted by Gasteiger charge is -2.26. The number of carbonyl (C=O) groups is 1. The van der Waals surface area contributed by atoms with Crippen LogP contribution in [0.3, 0.4) is 0 Å². The third-order valence-electron chi connectivity index (χ3n) is 6.14. The zero-order chi connectivity index (χ0) is 26.5. The van der Waals surface area contributed by atoms with Crippen molar-refractivity contribution >= 4 is 33.4 Å². The summed E-state index contributed by atoms with van der Waals surface area (Å²) in [5.74, 6) is 0.599. The van der Waals surface area contributed by atoms with Gasteiger partial charge in [-0.15, -0.1) is 0 Å². The summed E-state index contributed by atoms with van der Waals surface area (Å²) in [7, 11) is -3.60. The van der Waals surface area contributed by atoms with Crippen molar-refractivity contribution in [2.45, 2.75) is 63.7 Å². The van der Waals surface area contributed by atoms with Gasteiger partial charge in [0, 0.05) is 38.1 Å². The van der Waals surface area contributed by atoms with E-state index in [0.717, 1.165) is 32.2 Å². The van der Waals surface area contributed by atoms with E-state index in [4.69, 9.17) is 4.74 Å². The number of ether oxygens (including phenoxy) is 1. The van der Waals surface area contributed by atoms with Crippen molar-refractivity contribution in [1.82, 2.24) is 14.3 Å². The van der Waals surface area contributed by atoms with Gasteiger partial charge in [0.2, 0.25) is 16.0 Å². The molecule has 2 aromatic rings. The Morgan fingerprint density at radius 3 is 2.32 bits per heavy atom. The van der Waals surface area contributed by atoms with Crippen molar-refractivity contribution in [3.63, 3.8) is 0 Å². The Morgan fingerprint density at radius 1 is 0.946 bits per heavy atom. The van der Waals surface area contributed by atoms with Gasteiger partial charge in [0.05, 0.1) is 18.1 Å². The third-order valence-corrected chi connectivity index (χ3v) is 8.05. The Balaban J connectivity index is 1.68. The molecule has 1 fully saturated rings. The van der Waals surface area contributed by atoms with Crippen LogP contribution in [0.1, 0.15) is 69.2 Å². The smallest absolute Gasteiger partial charge is 0.260 e. The number of aromatic nitrogens is 2. The highest BCUT2D eigenvalue weighted by molar-refractivity contribution is 7.89. The van der Waals surface area contributed by atoms with E-state index in [1.165, 1.54) is 41.9 Å². The number of nitrogens with zero attached hydrogens (tertiary/aromatic N) is 3. The first-order valence-electron chi connectivity index (χ1n) is 13.3. The van der Waals surface area contributed by atoms with Gasteiger partial charge >= 0.3 is 0 Å². The highest BCUT2D eigenvalue weighted by Crippen LogP contribution is 2.21. The van der Waals surface area contributed by atoms with Gasteiger partial charge in [-0.05, 0) is 37.1 Å². The predicted molar refractivity (Wildman–Crippen MR) is 147 cm³/mol. The summed E-state index contributed by atoms with van der Waals surface area (Å²) in [5.41, 5.74) is 0.821. The number of rotatable bonds is 15.